The Morgan fingerprint density at radius 2 is 1.89 bits per heavy atom. The van der Waals surface area contributed by atoms with Crippen molar-refractivity contribution in [1.29, 1.82) is 0 Å². The number of nitrogens with one attached hydrogen (secondary N) is 1. The van der Waals surface area contributed by atoms with E-state index in [0.29, 0.717) is 23.0 Å². The van der Waals surface area contributed by atoms with Gasteiger partial charge in [0.25, 0.3) is 0 Å². The van der Waals surface area contributed by atoms with Crippen LogP contribution in [0.15, 0.2) is 6.33 Å². The second kappa shape index (κ2) is 7.55. The highest BCUT2D eigenvalue weighted by molar-refractivity contribution is 5.84. The summed E-state index contributed by atoms with van der Waals surface area (Å²) in [4.78, 5) is 13.0. The molecule has 3 heterocycles. The van der Waals surface area contributed by atoms with Crippen LogP contribution in [0.25, 0.3) is 11.2 Å². The molecule has 4 atom stereocenters. The summed E-state index contributed by atoms with van der Waals surface area (Å²) in [5.74, 6) is 0.655. The maximum absolute atomic E-state index is 10.3. The number of aliphatic hydroxyl groups is 3. The maximum atomic E-state index is 10.3. The van der Waals surface area contributed by atoms with E-state index < -0.39 is 31.1 Å². The first-order valence-corrected chi connectivity index (χ1v) is 9.47. The molecule has 1 saturated carbocycles. The number of aromatic nitrogens is 4. The molecule has 1 aliphatic heterocycles. The Kier molecular flexibility index (Phi) is 5.13. The van der Waals surface area contributed by atoms with Gasteiger partial charge in [-0.1, -0.05) is 25.7 Å². The maximum Gasteiger partial charge on any atom is 0.224 e. The van der Waals surface area contributed by atoms with Crippen molar-refractivity contribution < 1.29 is 20.1 Å². The fraction of sp³-hybridized carbons (Fsp3) is 0.706. The summed E-state index contributed by atoms with van der Waals surface area (Å²) in [6.07, 6.45) is 4.29. The molecule has 1 aliphatic carbocycles. The van der Waals surface area contributed by atoms with E-state index in [0.717, 1.165) is 12.8 Å². The van der Waals surface area contributed by atoms with Crippen molar-refractivity contribution in [1.82, 2.24) is 19.5 Å². The van der Waals surface area contributed by atoms with Gasteiger partial charge in [0.15, 0.2) is 23.2 Å². The van der Waals surface area contributed by atoms with Crippen LogP contribution in [0.5, 0.6) is 0 Å². The Hall–Kier alpha value is -2.01. The smallest absolute Gasteiger partial charge is 0.224 e. The van der Waals surface area contributed by atoms with Gasteiger partial charge in [-0.15, -0.1) is 0 Å². The third kappa shape index (κ3) is 3.45. The zero-order chi connectivity index (χ0) is 19.0. The van der Waals surface area contributed by atoms with Crippen molar-refractivity contribution in [2.24, 2.45) is 0 Å². The SMILES string of the molecule is Nc1nc(NC2CCCCCC2)c2ncn([C@@H]3O[C@H](CO)[C@@H](O)[C@H]3O)c2n1. The molecule has 0 bridgehead atoms. The minimum Gasteiger partial charge on any atom is -0.394 e. The molecule has 1 saturated heterocycles. The van der Waals surface area contributed by atoms with Crippen LogP contribution in [0.1, 0.15) is 44.8 Å². The normalized spacial score (nSPS) is 29.9. The Morgan fingerprint density at radius 1 is 1.15 bits per heavy atom. The highest BCUT2D eigenvalue weighted by atomic mass is 16.6. The number of hydrogen-bond donors (Lipinski definition) is 5. The topological polar surface area (TPSA) is 152 Å². The summed E-state index contributed by atoms with van der Waals surface area (Å²) < 4.78 is 7.11. The van der Waals surface area contributed by atoms with Gasteiger partial charge in [0.1, 0.15) is 18.3 Å². The lowest BCUT2D eigenvalue weighted by molar-refractivity contribution is -0.0511. The molecular weight excluding hydrogens is 352 g/mol. The quantitative estimate of drug-likeness (QED) is 0.468. The van der Waals surface area contributed by atoms with Gasteiger partial charge in [-0.2, -0.15) is 9.97 Å². The Balaban J connectivity index is 1.66. The van der Waals surface area contributed by atoms with Gasteiger partial charge in [-0.3, -0.25) is 4.57 Å². The van der Waals surface area contributed by atoms with Gasteiger partial charge in [0.05, 0.1) is 12.9 Å². The summed E-state index contributed by atoms with van der Waals surface area (Å²) in [6.45, 7) is -0.396. The fourth-order valence-corrected chi connectivity index (χ4v) is 3.95. The Labute approximate surface area is 156 Å². The summed E-state index contributed by atoms with van der Waals surface area (Å²) in [5, 5.41) is 33.1. The number of aliphatic hydroxyl groups excluding tert-OH is 3. The number of nitrogens with zero attached hydrogens (tertiary/aromatic N) is 4. The van der Waals surface area contributed by atoms with E-state index in [1.807, 2.05) is 0 Å². The van der Waals surface area contributed by atoms with Gasteiger partial charge in [-0.05, 0) is 12.8 Å². The minimum absolute atomic E-state index is 0.0899. The number of nitrogens with two attached hydrogens (primary N) is 1. The second-order valence-corrected chi connectivity index (χ2v) is 7.32. The second-order valence-electron chi connectivity index (χ2n) is 7.32. The van der Waals surface area contributed by atoms with E-state index >= 15 is 0 Å². The Bertz CT molecular complexity index is 791. The van der Waals surface area contributed by atoms with Gasteiger partial charge >= 0.3 is 0 Å². The van der Waals surface area contributed by atoms with Crippen LogP contribution >= 0.6 is 0 Å². The van der Waals surface area contributed by atoms with E-state index in [2.05, 4.69) is 20.3 Å². The summed E-state index contributed by atoms with van der Waals surface area (Å²) in [6, 6.07) is 0.309. The molecule has 0 radical (unpaired) electrons. The number of hydrogen-bond acceptors (Lipinski definition) is 9. The third-order valence-electron chi connectivity index (χ3n) is 5.43. The number of ether oxygens (including phenoxy) is 1. The molecule has 2 aromatic heterocycles. The molecule has 0 amide bonds. The largest absolute Gasteiger partial charge is 0.394 e. The van der Waals surface area contributed by atoms with Crippen LogP contribution < -0.4 is 11.1 Å². The van der Waals surface area contributed by atoms with Crippen molar-refractivity contribution in [2.45, 2.75) is 69.1 Å². The standard InChI is InChI=1S/C17H26N6O4/c18-17-21-14(20-9-5-3-1-2-4-6-9)11-15(22-17)23(8-19-11)16-13(26)12(25)10(7-24)27-16/h8-10,12-13,16,24-26H,1-7H2,(H3,18,20,21,22)/t10-,12-,13-,16-/m1/s1. The molecule has 27 heavy (non-hydrogen) atoms. The highest BCUT2D eigenvalue weighted by Gasteiger charge is 2.44. The number of imidazole rings is 1. The molecular formula is C17H26N6O4. The van der Waals surface area contributed by atoms with Crippen molar-refractivity contribution >= 4 is 22.9 Å². The van der Waals surface area contributed by atoms with Crippen LogP contribution in [0, 0.1) is 0 Å². The third-order valence-corrected chi connectivity index (χ3v) is 5.43. The van der Waals surface area contributed by atoms with Gasteiger partial charge < -0.3 is 31.1 Å². The summed E-state index contributed by atoms with van der Waals surface area (Å²) in [5.41, 5.74) is 6.85. The van der Waals surface area contributed by atoms with E-state index in [4.69, 9.17) is 10.5 Å². The lowest BCUT2D eigenvalue weighted by Crippen LogP contribution is -2.33. The first-order valence-electron chi connectivity index (χ1n) is 9.47. The molecule has 10 nitrogen and oxygen atoms in total. The monoisotopic (exact) mass is 378 g/mol. The fourth-order valence-electron chi connectivity index (χ4n) is 3.95. The van der Waals surface area contributed by atoms with Gasteiger partial charge in [0, 0.05) is 6.04 Å². The molecule has 2 fully saturated rings. The highest BCUT2D eigenvalue weighted by Crippen LogP contribution is 2.33. The molecule has 4 rings (SSSR count). The molecule has 10 heteroatoms. The zero-order valence-corrected chi connectivity index (χ0v) is 15.0. The lowest BCUT2D eigenvalue weighted by atomic mass is 10.1. The van der Waals surface area contributed by atoms with Crippen LogP contribution in [0.2, 0.25) is 0 Å². The molecule has 0 unspecified atom stereocenters. The molecule has 6 N–H and O–H groups in total. The van der Waals surface area contributed by atoms with E-state index in [1.54, 1.807) is 0 Å². The zero-order valence-electron chi connectivity index (χ0n) is 15.0. The predicted molar refractivity (Wildman–Crippen MR) is 97.9 cm³/mol. The van der Waals surface area contributed by atoms with Crippen LogP contribution in [0.4, 0.5) is 11.8 Å². The molecule has 0 spiro atoms. The number of anilines is 2. The molecule has 2 aromatic rings. The number of rotatable bonds is 4. The van der Waals surface area contributed by atoms with Gasteiger partial charge in [0.2, 0.25) is 5.95 Å². The Morgan fingerprint density at radius 3 is 2.56 bits per heavy atom. The van der Waals surface area contributed by atoms with Crippen molar-refractivity contribution in [3.8, 4) is 0 Å². The van der Waals surface area contributed by atoms with Gasteiger partial charge in [-0.25, -0.2) is 4.98 Å². The average Bonchev–Trinajstić information content (AvgIpc) is 3.06. The number of nitrogen functional groups attached to an aromatic ring is 1. The first-order chi connectivity index (χ1) is 13.1. The minimum atomic E-state index is -1.21. The van der Waals surface area contributed by atoms with E-state index in [9.17, 15) is 15.3 Å². The van der Waals surface area contributed by atoms with Crippen molar-refractivity contribution in [3.05, 3.63) is 6.33 Å². The van der Waals surface area contributed by atoms with Crippen molar-refractivity contribution in [2.75, 3.05) is 17.7 Å². The average molecular weight is 378 g/mol. The van der Waals surface area contributed by atoms with E-state index in [1.165, 1.54) is 36.6 Å². The molecule has 148 valence electrons. The summed E-state index contributed by atoms with van der Waals surface area (Å²) in [7, 11) is 0. The molecule has 2 aliphatic rings. The lowest BCUT2D eigenvalue weighted by Gasteiger charge is -2.18. The van der Waals surface area contributed by atoms with Crippen molar-refractivity contribution in [3.63, 3.8) is 0 Å². The number of fused-ring (bicyclic) bond motifs is 1. The molecule has 0 aromatic carbocycles. The summed E-state index contributed by atoms with van der Waals surface area (Å²) >= 11 is 0. The van der Waals surface area contributed by atoms with E-state index in [-0.39, 0.29) is 5.95 Å². The first kappa shape index (κ1) is 18.4. The predicted octanol–water partition coefficient (Wildman–Crippen LogP) is 0.155. The van der Waals surface area contributed by atoms with Crippen LogP contribution in [0.3, 0.4) is 0 Å². The van der Waals surface area contributed by atoms with Crippen LogP contribution in [-0.4, -0.2) is 65.8 Å². The van der Waals surface area contributed by atoms with Crippen LogP contribution in [-0.2, 0) is 4.74 Å².